The van der Waals surface area contributed by atoms with E-state index in [9.17, 15) is 0 Å². The zero-order valence-corrected chi connectivity index (χ0v) is 13.3. The number of hydrogen-bond acceptors (Lipinski definition) is 2. The van der Waals surface area contributed by atoms with Crippen molar-refractivity contribution in [1.82, 2.24) is 5.32 Å². The van der Waals surface area contributed by atoms with Crippen LogP contribution in [0.2, 0.25) is 0 Å². The van der Waals surface area contributed by atoms with E-state index in [0.717, 1.165) is 11.3 Å². The molecule has 116 valence electrons. The SMILES string of the molecule is CC(NC(c1ccccc1)c1ccccc1)c1ccccc1N. The van der Waals surface area contributed by atoms with Gasteiger partial charge in [-0.05, 0) is 29.7 Å². The van der Waals surface area contributed by atoms with Crippen molar-refractivity contribution in [3.63, 3.8) is 0 Å². The number of nitrogens with two attached hydrogens (primary N) is 1. The van der Waals surface area contributed by atoms with Crippen LogP contribution in [0.4, 0.5) is 5.69 Å². The lowest BCUT2D eigenvalue weighted by Crippen LogP contribution is -2.26. The van der Waals surface area contributed by atoms with Gasteiger partial charge in [-0.3, -0.25) is 5.32 Å². The third kappa shape index (κ3) is 3.61. The van der Waals surface area contributed by atoms with E-state index in [2.05, 4.69) is 66.8 Å². The first-order valence-corrected chi connectivity index (χ1v) is 7.96. The molecular weight excluding hydrogens is 280 g/mol. The van der Waals surface area contributed by atoms with E-state index in [-0.39, 0.29) is 12.1 Å². The zero-order valence-electron chi connectivity index (χ0n) is 13.3. The lowest BCUT2D eigenvalue weighted by molar-refractivity contribution is 0.517. The van der Waals surface area contributed by atoms with Crippen molar-refractivity contribution in [2.24, 2.45) is 0 Å². The fraction of sp³-hybridized carbons (Fsp3) is 0.143. The normalized spacial score (nSPS) is 12.3. The molecule has 23 heavy (non-hydrogen) atoms. The van der Waals surface area contributed by atoms with Gasteiger partial charge in [0.1, 0.15) is 0 Å². The predicted molar refractivity (Wildman–Crippen MR) is 97.1 cm³/mol. The molecule has 0 heterocycles. The molecule has 0 amide bonds. The van der Waals surface area contributed by atoms with Crippen LogP contribution in [0.25, 0.3) is 0 Å². The van der Waals surface area contributed by atoms with Crippen LogP contribution in [0.15, 0.2) is 84.9 Å². The summed E-state index contributed by atoms with van der Waals surface area (Å²) in [7, 11) is 0. The highest BCUT2D eigenvalue weighted by atomic mass is 14.9. The molecule has 0 fully saturated rings. The van der Waals surface area contributed by atoms with E-state index < -0.39 is 0 Å². The van der Waals surface area contributed by atoms with Gasteiger partial charge >= 0.3 is 0 Å². The van der Waals surface area contributed by atoms with Crippen LogP contribution in [-0.2, 0) is 0 Å². The van der Waals surface area contributed by atoms with Crippen molar-refractivity contribution in [1.29, 1.82) is 0 Å². The quantitative estimate of drug-likeness (QED) is 0.670. The number of rotatable bonds is 5. The summed E-state index contributed by atoms with van der Waals surface area (Å²) in [4.78, 5) is 0. The topological polar surface area (TPSA) is 38.0 Å². The molecule has 0 radical (unpaired) electrons. The Balaban J connectivity index is 1.92. The second kappa shape index (κ2) is 7.12. The van der Waals surface area contributed by atoms with Crippen molar-refractivity contribution >= 4 is 5.69 Å². The van der Waals surface area contributed by atoms with Crippen LogP contribution in [0, 0.1) is 0 Å². The van der Waals surface area contributed by atoms with Crippen LogP contribution in [0.1, 0.15) is 35.7 Å². The molecule has 0 aliphatic heterocycles. The highest BCUT2D eigenvalue weighted by molar-refractivity contribution is 5.48. The molecule has 3 aromatic rings. The van der Waals surface area contributed by atoms with Crippen LogP contribution in [-0.4, -0.2) is 0 Å². The molecule has 3 aromatic carbocycles. The number of nitrogens with one attached hydrogen (secondary N) is 1. The van der Waals surface area contributed by atoms with Gasteiger partial charge in [0.2, 0.25) is 0 Å². The first kappa shape index (κ1) is 15.3. The van der Waals surface area contributed by atoms with Crippen LogP contribution >= 0.6 is 0 Å². The molecule has 0 aliphatic rings. The van der Waals surface area contributed by atoms with Gasteiger partial charge in [0.05, 0.1) is 6.04 Å². The fourth-order valence-corrected chi connectivity index (χ4v) is 2.92. The smallest absolute Gasteiger partial charge is 0.0581 e. The van der Waals surface area contributed by atoms with Crippen LogP contribution < -0.4 is 11.1 Å². The van der Waals surface area contributed by atoms with Crippen molar-refractivity contribution in [2.45, 2.75) is 19.0 Å². The molecule has 0 spiro atoms. The zero-order chi connectivity index (χ0) is 16.1. The fourth-order valence-electron chi connectivity index (χ4n) is 2.92. The van der Waals surface area contributed by atoms with Gasteiger partial charge in [0.25, 0.3) is 0 Å². The van der Waals surface area contributed by atoms with Gasteiger partial charge in [-0.15, -0.1) is 0 Å². The Kier molecular flexibility index (Phi) is 4.74. The number of nitrogen functional groups attached to an aromatic ring is 1. The summed E-state index contributed by atoms with van der Waals surface area (Å²) in [5.41, 5.74) is 10.6. The Bertz CT molecular complexity index is 699. The third-order valence-corrected chi connectivity index (χ3v) is 4.14. The standard InChI is InChI=1S/C21H22N2/c1-16(19-14-8-9-15-20(19)22)23-21(17-10-4-2-5-11-17)18-12-6-3-7-13-18/h2-16,21,23H,22H2,1H3. The van der Waals surface area contributed by atoms with Crippen molar-refractivity contribution in [3.05, 3.63) is 102 Å². The Labute approximate surface area is 138 Å². The first-order valence-electron chi connectivity index (χ1n) is 7.96. The summed E-state index contributed by atoms with van der Waals surface area (Å²) in [6.45, 7) is 2.16. The van der Waals surface area contributed by atoms with E-state index in [1.807, 2.05) is 30.3 Å². The molecule has 0 aliphatic carbocycles. The number of para-hydroxylation sites is 1. The number of benzene rings is 3. The van der Waals surface area contributed by atoms with E-state index >= 15 is 0 Å². The highest BCUT2D eigenvalue weighted by Gasteiger charge is 2.18. The molecule has 3 N–H and O–H groups in total. The van der Waals surface area contributed by atoms with Gasteiger partial charge in [-0.1, -0.05) is 78.9 Å². The van der Waals surface area contributed by atoms with Crippen LogP contribution in [0.5, 0.6) is 0 Å². The average Bonchev–Trinajstić information content (AvgIpc) is 2.61. The maximum absolute atomic E-state index is 6.13. The highest BCUT2D eigenvalue weighted by Crippen LogP contribution is 2.27. The van der Waals surface area contributed by atoms with E-state index in [1.54, 1.807) is 0 Å². The van der Waals surface area contributed by atoms with Crippen molar-refractivity contribution in [3.8, 4) is 0 Å². The summed E-state index contributed by atoms with van der Waals surface area (Å²) < 4.78 is 0. The molecule has 0 saturated carbocycles. The van der Waals surface area contributed by atoms with Gasteiger partial charge < -0.3 is 5.73 Å². The molecule has 1 atom stereocenters. The summed E-state index contributed by atoms with van der Waals surface area (Å²) in [5.74, 6) is 0. The maximum Gasteiger partial charge on any atom is 0.0581 e. The lowest BCUT2D eigenvalue weighted by atomic mass is 9.96. The summed E-state index contributed by atoms with van der Waals surface area (Å²) in [6, 6.07) is 29.4. The van der Waals surface area contributed by atoms with E-state index in [1.165, 1.54) is 11.1 Å². The van der Waals surface area contributed by atoms with Crippen molar-refractivity contribution < 1.29 is 0 Å². The summed E-state index contributed by atoms with van der Waals surface area (Å²) >= 11 is 0. The third-order valence-electron chi connectivity index (χ3n) is 4.14. The molecule has 1 unspecified atom stereocenters. The molecule has 2 nitrogen and oxygen atoms in total. The molecule has 0 bridgehead atoms. The second-order valence-electron chi connectivity index (χ2n) is 5.77. The van der Waals surface area contributed by atoms with Crippen LogP contribution in [0.3, 0.4) is 0 Å². The summed E-state index contributed by atoms with van der Waals surface area (Å²) in [5, 5.41) is 3.73. The maximum atomic E-state index is 6.13. The molecular formula is C21H22N2. The first-order chi connectivity index (χ1) is 11.3. The summed E-state index contributed by atoms with van der Waals surface area (Å²) in [6.07, 6.45) is 0. The van der Waals surface area contributed by atoms with Gasteiger partial charge in [0.15, 0.2) is 0 Å². The number of anilines is 1. The minimum Gasteiger partial charge on any atom is -0.398 e. The van der Waals surface area contributed by atoms with Gasteiger partial charge in [-0.2, -0.15) is 0 Å². The minimum atomic E-state index is 0.131. The van der Waals surface area contributed by atoms with Gasteiger partial charge in [-0.25, -0.2) is 0 Å². The van der Waals surface area contributed by atoms with Gasteiger partial charge in [0, 0.05) is 11.7 Å². The Morgan fingerprint density at radius 2 is 1.17 bits per heavy atom. The van der Waals surface area contributed by atoms with Crippen molar-refractivity contribution in [2.75, 3.05) is 5.73 Å². The minimum absolute atomic E-state index is 0.131. The Morgan fingerprint density at radius 3 is 1.70 bits per heavy atom. The van der Waals surface area contributed by atoms with E-state index in [0.29, 0.717) is 0 Å². The average molecular weight is 302 g/mol. The second-order valence-corrected chi connectivity index (χ2v) is 5.77. The molecule has 0 aromatic heterocycles. The van der Waals surface area contributed by atoms with E-state index in [4.69, 9.17) is 5.73 Å². The molecule has 0 saturated heterocycles. The largest absolute Gasteiger partial charge is 0.398 e. The monoisotopic (exact) mass is 302 g/mol. The molecule has 3 rings (SSSR count). The number of hydrogen-bond donors (Lipinski definition) is 2. The predicted octanol–water partition coefficient (Wildman–Crippen LogP) is 4.71. The molecule has 2 heteroatoms. The Morgan fingerprint density at radius 1 is 0.696 bits per heavy atom. The lowest BCUT2D eigenvalue weighted by Gasteiger charge is -2.25. The Hall–Kier alpha value is -2.58.